The molecule has 0 aliphatic carbocycles. The minimum atomic E-state index is 0.522. The molecule has 1 fully saturated rings. The Kier molecular flexibility index (Phi) is 5.65. The van der Waals surface area contributed by atoms with Gasteiger partial charge in [-0.25, -0.2) is 4.98 Å². The predicted octanol–water partition coefficient (Wildman–Crippen LogP) is 5.20. The molecule has 0 radical (unpaired) electrons. The molecule has 0 unspecified atom stereocenters. The first-order chi connectivity index (χ1) is 11.4. The van der Waals surface area contributed by atoms with Gasteiger partial charge in [-0.3, -0.25) is 4.90 Å². The van der Waals surface area contributed by atoms with Crippen molar-refractivity contribution in [3.05, 3.63) is 54.2 Å². The maximum absolute atomic E-state index is 5.79. The molecule has 1 aromatic carbocycles. The molecule has 0 bridgehead atoms. The largest absolute Gasteiger partial charge is 0.439 e. The summed E-state index contributed by atoms with van der Waals surface area (Å²) in [4.78, 5) is 7.14. The number of hydrogen-bond acceptors (Lipinski definition) is 3. The highest BCUT2D eigenvalue weighted by molar-refractivity contribution is 5.28. The van der Waals surface area contributed by atoms with Crippen molar-refractivity contribution in [1.29, 1.82) is 0 Å². The number of piperidine rings is 1. The van der Waals surface area contributed by atoms with E-state index in [9.17, 15) is 0 Å². The summed E-state index contributed by atoms with van der Waals surface area (Å²) in [5.74, 6) is 1.49. The smallest absolute Gasteiger partial charge is 0.219 e. The minimum absolute atomic E-state index is 0.522. The maximum atomic E-state index is 5.79. The Morgan fingerprint density at radius 1 is 1.13 bits per heavy atom. The zero-order chi connectivity index (χ0) is 15.9. The summed E-state index contributed by atoms with van der Waals surface area (Å²) in [7, 11) is 0. The Balaban J connectivity index is 1.67. The third-order valence-corrected chi connectivity index (χ3v) is 4.52. The fraction of sp³-hybridized carbons (Fsp3) is 0.450. The lowest BCUT2D eigenvalue weighted by Gasteiger charge is -2.35. The van der Waals surface area contributed by atoms with Crippen LogP contribution in [0.3, 0.4) is 0 Å². The van der Waals surface area contributed by atoms with E-state index in [0.29, 0.717) is 11.9 Å². The van der Waals surface area contributed by atoms with Crippen LogP contribution in [-0.2, 0) is 0 Å². The van der Waals surface area contributed by atoms with Gasteiger partial charge in [-0.2, -0.15) is 0 Å². The van der Waals surface area contributed by atoms with Gasteiger partial charge in [0.15, 0.2) is 0 Å². The molecular formula is C20H26N2O. The SMILES string of the molecule is CCCCN1CCCC[C@H]1c1ccc(Oc2ccccc2)nc1. The monoisotopic (exact) mass is 310 g/mol. The number of aromatic nitrogens is 1. The van der Waals surface area contributed by atoms with Crippen LogP contribution in [0.1, 0.15) is 50.6 Å². The number of nitrogens with zero attached hydrogens (tertiary/aromatic N) is 2. The van der Waals surface area contributed by atoms with Crippen LogP contribution in [0.5, 0.6) is 11.6 Å². The molecule has 2 aromatic rings. The van der Waals surface area contributed by atoms with Crippen LogP contribution in [-0.4, -0.2) is 23.0 Å². The number of pyridine rings is 1. The first-order valence-electron chi connectivity index (χ1n) is 8.79. The van der Waals surface area contributed by atoms with Gasteiger partial charge in [0, 0.05) is 18.3 Å². The van der Waals surface area contributed by atoms with E-state index in [2.05, 4.69) is 22.9 Å². The van der Waals surface area contributed by atoms with Crippen molar-refractivity contribution in [2.45, 2.75) is 45.1 Å². The molecule has 1 atom stereocenters. The van der Waals surface area contributed by atoms with Gasteiger partial charge in [0.2, 0.25) is 5.88 Å². The molecule has 3 rings (SSSR count). The van der Waals surface area contributed by atoms with Crippen molar-refractivity contribution >= 4 is 0 Å². The molecule has 0 N–H and O–H groups in total. The molecule has 2 heterocycles. The number of likely N-dealkylation sites (tertiary alicyclic amines) is 1. The van der Waals surface area contributed by atoms with E-state index in [4.69, 9.17) is 4.74 Å². The molecule has 1 aliphatic rings. The molecule has 0 saturated carbocycles. The first-order valence-corrected chi connectivity index (χ1v) is 8.79. The van der Waals surface area contributed by atoms with Crippen LogP contribution in [0.4, 0.5) is 0 Å². The average Bonchev–Trinajstić information content (AvgIpc) is 2.62. The molecule has 3 heteroatoms. The second-order valence-electron chi connectivity index (χ2n) is 6.25. The molecule has 0 amide bonds. The van der Waals surface area contributed by atoms with Crippen molar-refractivity contribution in [1.82, 2.24) is 9.88 Å². The number of hydrogen-bond donors (Lipinski definition) is 0. The highest BCUT2D eigenvalue weighted by Crippen LogP contribution is 2.31. The summed E-state index contributed by atoms with van der Waals surface area (Å²) in [6.07, 6.45) is 8.40. The summed E-state index contributed by atoms with van der Waals surface area (Å²) in [5.41, 5.74) is 1.32. The quantitative estimate of drug-likeness (QED) is 0.733. The number of rotatable bonds is 6. The Bertz CT molecular complexity index is 582. The van der Waals surface area contributed by atoms with Crippen molar-refractivity contribution in [3.8, 4) is 11.6 Å². The van der Waals surface area contributed by atoms with E-state index in [1.54, 1.807) is 0 Å². The molecule has 1 aromatic heterocycles. The van der Waals surface area contributed by atoms with E-state index < -0.39 is 0 Å². The average molecular weight is 310 g/mol. The van der Waals surface area contributed by atoms with Gasteiger partial charge in [0.1, 0.15) is 5.75 Å². The summed E-state index contributed by atoms with van der Waals surface area (Å²) in [6.45, 7) is 4.67. The van der Waals surface area contributed by atoms with E-state index >= 15 is 0 Å². The maximum Gasteiger partial charge on any atom is 0.219 e. The van der Waals surface area contributed by atoms with Gasteiger partial charge in [-0.1, -0.05) is 44.0 Å². The number of unbranched alkanes of at least 4 members (excludes halogenated alkanes) is 1. The number of benzene rings is 1. The Morgan fingerprint density at radius 2 is 2.00 bits per heavy atom. The van der Waals surface area contributed by atoms with Crippen molar-refractivity contribution in [3.63, 3.8) is 0 Å². The lowest BCUT2D eigenvalue weighted by Crippen LogP contribution is -2.34. The summed E-state index contributed by atoms with van der Waals surface area (Å²) >= 11 is 0. The summed E-state index contributed by atoms with van der Waals surface area (Å²) in [6, 6.07) is 14.5. The Morgan fingerprint density at radius 3 is 2.74 bits per heavy atom. The zero-order valence-electron chi connectivity index (χ0n) is 13.9. The summed E-state index contributed by atoms with van der Waals surface area (Å²) in [5, 5.41) is 0. The van der Waals surface area contributed by atoms with Gasteiger partial charge in [-0.15, -0.1) is 0 Å². The van der Waals surface area contributed by atoms with Crippen LogP contribution in [0.15, 0.2) is 48.7 Å². The van der Waals surface area contributed by atoms with Gasteiger partial charge in [0.05, 0.1) is 0 Å². The third kappa shape index (κ3) is 4.32. The molecular weight excluding hydrogens is 284 g/mol. The van der Waals surface area contributed by atoms with Crippen molar-refractivity contribution < 1.29 is 4.74 Å². The number of para-hydroxylation sites is 1. The molecule has 1 aliphatic heterocycles. The molecule has 122 valence electrons. The van der Waals surface area contributed by atoms with Crippen LogP contribution in [0.2, 0.25) is 0 Å². The summed E-state index contributed by atoms with van der Waals surface area (Å²) < 4.78 is 5.79. The van der Waals surface area contributed by atoms with Crippen molar-refractivity contribution in [2.75, 3.05) is 13.1 Å². The second-order valence-corrected chi connectivity index (χ2v) is 6.25. The second kappa shape index (κ2) is 8.11. The van der Waals surface area contributed by atoms with E-state index in [1.165, 1.54) is 50.8 Å². The van der Waals surface area contributed by atoms with Crippen molar-refractivity contribution in [2.24, 2.45) is 0 Å². The number of ether oxygens (including phenoxy) is 1. The van der Waals surface area contributed by atoms with Crippen LogP contribution >= 0.6 is 0 Å². The fourth-order valence-electron chi connectivity index (χ4n) is 3.26. The fourth-order valence-corrected chi connectivity index (χ4v) is 3.26. The molecule has 0 spiro atoms. The van der Waals surface area contributed by atoms with E-state index in [0.717, 1.165) is 5.75 Å². The lowest BCUT2D eigenvalue weighted by molar-refractivity contribution is 0.146. The molecule has 23 heavy (non-hydrogen) atoms. The van der Waals surface area contributed by atoms with E-state index in [-0.39, 0.29) is 0 Å². The van der Waals surface area contributed by atoms with Gasteiger partial charge in [0.25, 0.3) is 0 Å². The van der Waals surface area contributed by atoms with Gasteiger partial charge >= 0.3 is 0 Å². The standard InChI is InChI=1S/C20H26N2O/c1-2-3-14-22-15-8-7-11-19(22)17-12-13-20(21-16-17)23-18-9-5-4-6-10-18/h4-6,9-10,12-13,16,19H,2-3,7-8,11,14-15H2,1H3/t19-/m0/s1. The molecule has 3 nitrogen and oxygen atoms in total. The zero-order valence-corrected chi connectivity index (χ0v) is 13.9. The van der Waals surface area contributed by atoms with Gasteiger partial charge < -0.3 is 4.74 Å². The predicted molar refractivity (Wildman–Crippen MR) is 93.8 cm³/mol. The lowest BCUT2D eigenvalue weighted by atomic mass is 9.96. The highest BCUT2D eigenvalue weighted by atomic mass is 16.5. The topological polar surface area (TPSA) is 25.4 Å². The Hall–Kier alpha value is -1.87. The van der Waals surface area contributed by atoms with Crippen LogP contribution < -0.4 is 4.74 Å². The highest BCUT2D eigenvalue weighted by Gasteiger charge is 2.23. The Labute approximate surface area is 139 Å². The normalized spacial score (nSPS) is 18.7. The van der Waals surface area contributed by atoms with E-state index in [1.807, 2.05) is 42.6 Å². The minimum Gasteiger partial charge on any atom is -0.439 e. The molecule has 1 saturated heterocycles. The third-order valence-electron chi connectivity index (χ3n) is 4.52. The van der Waals surface area contributed by atoms with Crippen LogP contribution in [0, 0.1) is 0 Å². The van der Waals surface area contributed by atoms with Crippen LogP contribution in [0.25, 0.3) is 0 Å². The van der Waals surface area contributed by atoms with Gasteiger partial charge in [-0.05, 0) is 50.0 Å². The first kappa shape index (κ1) is 16.0.